The van der Waals surface area contributed by atoms with E-state index in [4.69, 9.17) is 0 Å². The highest BCUT2D eigenvalue weighted by Gasteiger charge is 2.39. The van der Waals surface area contributed by atoms with Crippen LogP contribution in [0.2, 0.25) is 0 Å². The fourth-order valence-electron chi connectivity index (χ4n) is 3.32. The number of H-pyrrole nitrogens is 1. The number of nitrogens with one attached hydrogen (secondary N) is 1. The van der Waals surface area contributed by atoms with Gasteiger partial charge in [0.1, 0.15) is 5.60 Å². The lowest BCUT2D eigenvalue weighted by atomic mass is 10.0. The van der Waals surface area contributed by atoms with E-state index in [0.717, 1.165) is 16.5 Å². The van der Waals surface area contributed by atoms with Crippen LogP contribution < -0.4 is 0 Å². The normalized spacial score (nSPS) is 20.8. The molecule has 24 heavy (non-hydrogen) atoms. The number of hydrogen-bond acceptors (Lipinski definition) is 5. The Labute approximate surface area is 138 Å². The highest BCUT2D eigenvalue weighted by molar-refractivity contribution is 6.05. The van der Waals surface area contributed by atoms with Crippen molar-refractivity contribution in [1.82, 2.24) is 30.1 Å². The first kappa shape index (κ1) is 14.8. The van der Waals surface area contributed by atoms with Crippen LogP contribution in [-0.4, -0.2) is 59.8 Å². The van der Waals surface area contributed by atoms with Crippen LogP contribution >= 0.6 is 0 Å². The molecule has 2 aromatic heterocycles. The number of nitrogens with zero attached hydrogens (tertiary/aromatic N) is 5. The molecule has 1 aliphatic heterocycles. The van der Waals surface area contributed by atoms with Gasteiger partial charge >= 0.3 is 0 Å². The Hall–Kier alpha value is -2.74. The van der Waals surface area contributed by atoms with Gasteiger partial charge in [-0.2, -0.15) is 5.10 Å². The smallest absolute Gasteiger partial charge is 0.256 e. The van der Waals surface area contributed by atoms with Crippen molar-refractivity contribution in [3.8, 4) is 0 Å². The number of carbonyl (C=O) groups is 1. The summed E-state index contributed by atoms with van der Waals surface area (Å²) in [5.74, 6) is -0.0949. The molecule has 1 unspecified atom stereocenters. The molecule has 1 aliphatic rings. The van der Waals surface area contributed by atoms with Crippen LogP contribution in [0.15, 0.2) is 30.7 Å². The van der Waals surface area contributed by atoms with Crippen molar-refractivity contribution in [3.63, 3.8) is 0 Å². The van der Waals surface area contributed by atoms with Crippen molar-refractivity contribution in [2.75, 3.05) is 13.1 Å². The predicted molar refractivity (Wildman–Crippen MR) is 86.3 cm³/mol. The zero-order chi connectivity index (χ0) is 16.7. The average Bonchev–Trinajstić information content (AvgIpc) is 3.27. The molecule has 124 valence electrons. The van der Waals surface area contributed by atoms with Crippen LogP contribution in [0, 0.1) is 6.92 Å². The molecule has 0 saturated carbocycles. The molecule has 1 aromatic carbocycles. The van der Waals surface area contributed by atoms with E-state index in [2.05, 4.69) is 20.5 Å². The Balaban J connectivity index is 1.58. The number of aromatic amines is 1. The average molecular weight is 326 g/mol. The maximum absolute atomic E-state index is 12.9. The first-order valence-electron chi connectivity index (χ1n) is 7.84. The Morgan fingerprint density at radius 1 is 1.46 bits per heavy atom. The summed E-state index contributed by atoms with van der Waals surface area (Å²) in [6, 6.07) is 3.85. The summed E-state index contributed by atoms with van der Waals surface area (Å²) >= 11 is 0. The third-order valence-electron chi connectivity index (χ3n) is 4.47. The molecule has 2 N–H and O–H groups in total. The zero-order valence-corrected chi connectivity index (χ0v) is 13.3. The standard InChI is InChI=1S/C16H18N6O2/c1-11-6-12-8-18-19-14(12)13(7-11)15(23)21-4-2-16(24,9-21)10-22-5-3-17-20-22/h3,5-8,24H,2,4,9-10H2,1H3,(H,18,19). The number of aromatic nitrogens is 5. The Bertz CT molecular complexity index is 887. The molecule has 4 rings (SSSR count). The third-order valence-corrected chi connectivity index (χ3v) is 4.47. The van der Waals surface area contributed by atoms with E-state index in [1.165, 1.54) is 0 Å². The van der Waals surface area contributed by atoms with Gasteiger partial charge < -0.3 is 10.0 Å². The lowest BCUT2D eigenvalue weighted by Gasteiger charge is -2.23. The van der Waals surface area contributed by atoms with Gasteiger partial charge in [-0.3, -0.25) is 9.89 Å². The lowest BCUT2D eigenvalue weighted by Crippen LogP contribution is -2.39. The van der Waals surface area contributed by atoms with E-state index in [9.17, 15) is 9.90 Å². The summed E-state index contributed by atoms with van der Waals surface area (Å²) < 4.78 is 1.59. The molecular weight excluding hydrogens is 308 g/mol. The highest BCUT2D eigenvalue weighted by Crippen LogP contribution is 2.27. The van der Waals surface area contributed by atoms with Gasteiger partial charge in [0, 0.05) is 18.1 Å². The second-order valence-corrected chi connectivity index (χ2v) is 6.45. The van der Waals surface area contributed by atoms with Crippen molar-refractivity contribution >= 4 is 16.8 Å². The summed E-state index contributed by atoms with van der Waals surface area (Å²) in [7, 11) is 0. The molecule has 1 saturated heterocycles. The van der Waals surface area contributed by atoms with Gasteiger partial charge in [0.15, 0.2) is 0 Å². The predicted octanol–water partition coefficient (Wildman–Crippen LogP) is 0.740. The highest BCUT2D eigenvalue weighted by atomic mass is 16.3. The maximum Gasteiger partial charge on any atom is 0.256 e. The Kier molecular flexibility index (Phi) is 3.34. The Morgan fingerprint density at radius 2 is 2.33 bits per heavy atom. The van der Waals surface area contributed by atoms with Gasteiger partial charge in [0.05, 0.1) is 36.6 Å². The molecule has 1 fully saturated rings. The molecule has 1 atom stereocenters. The van der Waals surface area contributed by atoms with E-state index in [0.29, 0.717) is 25.1 Å². The SMILES string of the molecule is Cc1cc(C(=O)N2CCC(O)(Cn3ccnn3)C2)c2[nH]ncc2c1. The number of hydrogen-bond donors (Lipinski definition) is 2. The molecule has 0 spiro atoms. The van der Waals surface area contributed by atoms with Gasteiger partial charge in [-0.05, 0) is 31.0 Å². The van der Waals surface area contributed by atoms with Crippen molar-refractivity contribution < 1.29 is 9.90 Å². The lowest BCUT2D eigenvalue weighted by molar-refractivity contribution is 0.0267. The van der Waals surface area contributed by atoms with E-state index < -0.39 is 5.60 Å². The van der Waals surface area contributed by atoms with Crippen LogP contribution in [0.5, 0.6) is 0 Å². The van der Waals surface area contributed by atoms with Crippen molar-refractivity contribution in [2.45, 2.75) is 25.5 Å². The number of amides is 1. The van der Waals surface area contributed by atoms with Crippen molar-refractivity contribution in [2.24, 2.45) is 0 Å². The number of benzene rings is 1. The second-order valence-electron chi connectivity index (χ2n) is 6.45. The summed E-state index contributed by atoms with van der Waals surface area (Å²) in [6.45, 7) is 3.06. The topological polar surface area (TPSA) is 99.9 Å². The van der Waals surface area contributed by atoms with Gasteiger partial charge in [-0.15, -0.1) is 5.10 Å². The van der Waals surface area contributed by atoms with Crippen LogP contribution in [0.3, 0.4) is 0 Å². The van der Waals surface area contributed by atoms with E-state index in [1.807, 2.05) is 19.1 Å². The van der Waals surface area contributed by atoms with E-state index in [-0.39, 0.29) is 12.5 Å². The van der Waals surface area contributed by atoms with Crippen LogP contribution in [0.25, 0.3) is 10.9 Å². The number of likely N-dealkylation sites (tertiary alicyclic amines) is 1. The molecule has 8 heteroatoms. The second kappa shape index (κ2) is 5.41. The molecule has 3 heterocycles. The number of fused-ring (bicyclic) bond motifs is 1. The van der Waals surface area contributed by atoms with Gasteiger partial charge in [-0.25, -0.2) is 4.68 Å². The number of aliphatic hydroxyl groups is 1. The third kappa shape index (κ3) is 2.54. The maximum atomic E-state index is 12.9. The van der Waals surface area contributed by atoms with Crippen molar-refractivity contribution in [1.29, 1.82) is 0 Å². The Morgan fingerprint density at radius 3 is 3.12 bits per heavy atom. The van der Waals surface area contributed by atoms with E-state index in [1.54, 1.807) is 28.2 Å². The van der Waals surface area contributed by atoms with Crippen LogP contribution in [0.1, 0.15) is 22.3 Å². The quantitative estimate of drug-likeness (QED) is 0.739. The first-order chi connectivity index (χ1) is 11.5. The number of rotatable bonds is 3. The molecule has 0 radical (unpaired) electrons. The monoisotopic (exact) mass is 326 g/mol. The van der Waals surface area contributed by atoms with Gasteiger partial charge in [0.2, 0.25) is 0 Å². The summed E-state index contributed by atoms with van der Waals surface area (Å²) in [4.78, 5) is 14.6. The molecule has 8 nitrogen and oxygen atoms in total. The van der Waals surface area contributed by atoms with Crippen LogP contribution in [0.4, 0.5) is 0 Å². The van der Waals surface area contributed by atoms with Crippen molar-refractivity contribution in [3.05, 3.63) is 41.9 Å². The summed E-state index contributed by atoms with van der Waals surface area (Å²) in [5.41, 5.74) is 1.34. The minimum Gasteiger partial charge on any atom is -0.386 e. The molecular formula is C16H18N6O2. The first-order valence-corrected chi connectivity index (χ1v) is 7.84. The number of aryl methyl sites for hydroxylation is 1. The number of β-amino-alcohol motifs (C(OH)–C–C–N with tert-alkyl or cyclic N) is 1. The summed E-state index contributed by atoms with van der Waals surface area (Å²) in [5, 5.41) is 26.2. The minimum atomic E-state index is -0.986. The molecule has 0 aliphatic carbocycles. The molecule has 3 aromatic rings. The largest absolute Gasteiger partial charge is 0.386 e. The van der Waals surface area contributed by atoms with Gasteiger partial charge in [0.25, 0.3) is 5.91 Å². The zero-order valence-electron chi connectivity index (χ0n) is 13.3. The summed E-state index contributed by atoms with van der Waals surface area (Å²) in [6.07, 6.45) is 5.50. The molecule has 0 bridgehead atoms. The van der Waals surface area contributed by atoms with Crippen LogP contribution in [-0.2, 0) is 6.54 Å². The fraction of sp³-hybridized carbons (Fsp3) is 0.375. The van der Waals surface area contributed by atoms with Gasteiger partial charge in [-0.1, -0.05) is 5.21 Å². The van der Waals surface area contributed by atoms with E-state index >= 15 is 0 Å². The number of carbonyl (C=O) groups excluding carboxylic acids is 1. The minimum absolute atomic E-state index is 0.0949. The fourth-order valence-corrected chi connectivity index (χ4v) is 3.32. The molecule has 1 amide bonds.